The Morgan fingerprint density at radius 3 is 2.30 bits per heavy atom. The predicted octanol–water partition coefficient (Wildman–Crippen LogP) is 5.50. The Morgan fingerprint density at radius 2 is 1.67 bits per heavy atom. The van der Waals surface area contributed by atoms with Crippen LogP contribution in [0, 0.1) is 56.7 Å². The first-order valence-electron chi connectivity index (χ1n) is 18.2. The fourth-order valence-corrected chi connectivity index (χ4v) is 13.6. The number of carboxylic acids is 1. The zero-order valence-electron chi connectivity index (χ0n) is 29.4. The van der Waals surface area contributed by atoms with Crippen molar-refractivity contribution in [2.24, 2.45) is 56.7 Å². The van der Waals surface area contributed by atoms with Gasteiger partial charge in [0.25, 0.3) is 0 Å². The summed E-state index contributed by atoms with van der Waals surface area (Å²) in [4.78, 5) is 25.8. The molecule has 13 atom stereocenters. The number of hydrogen-bond donors (Lipinski definition) is 3. The minimum Gasteiger partial charge on any atom is -0.481 e. The minimum atomic E-state index is -1.05. The lowest BCUT2D eigenvalue weighted by molar-refractivity contribution is -0.215. The smallest absolute Gasteiger partial charge is 0.410 e. The number of likely N-dealkylation sites (tertiary alicyclic amines) is 1. The molecule has 2 aliphatic heterocycles. The SMILES string of the molecule is CCO[C@@H]([C@H]1C[C@@H](C)[C@H]2[C@H](O1)[C@H](O)[C@@]1(C)[C@@H]3CC[C@H]4C(C)(C)[C@@H](OC(=O)N5CC(C(=O)O)C5)CC[C@@]45C[C@@]35CC[C@]21C)C(C)(C)O. The van der Waals surface area contributed by atoms with Gasteiger partial charge in [-0.05, 0) is 112 Å². The van der Waals surface area contributed by atoms with Crippen LogP contribution in [-0.2, 0) is 19.0 Å². The highest BCUT2D eigenvalue weighted by molar-refractivity contribution is 5.76. The molecule has 46 heavy (non-hydrogen) atoms. The molecule has 0 aromatic carbocycles. The summed E-state index contributed by atoms with van der Waals surface area (Å²) in [5, 5.41) is 32.8. The molecule has 0 aromatic heterocycles. The summed E-state index contributed by atoms with van der Waals surface area (Å²) < 4.78 is 19.2. The molecule has 2 spiro atoms. The van der Waals surface area contributed by atoms with Crippen molar-refractivity contribution < 1.29 is 39.1 Å². The number of ether oxygens (including phenoxy) is 3. The Bertz CT molecular complexity index is 1260. The number of nitrogens with zero attached hydrogens (tertiary/aromatic N) is 1. The van der Waals surface area contributed by atoms with Crippen LogP contribution in [0.5, 0.6) is 0 Å². The minimum absolute atomic E-state index is 0.0445. The summed E-state index contributed by atoms with van der Waals surface area (Å²) in [6.07, 6.45) is 6.18. The lowest BCUT2D eigenvalue weighted by Crippen LogP contribution is -2.60. The van der Waals surface area contributed by atoms with E-state index >= 15 is 0 Å². The lowest BCUT2D eigenvalue weighted by atomic mass is 9.41. The molecule has 0 aromatic rings. The van der Waals surface area contributed by atoms with Gasteiger partial charge in [0.1, 0.15) is 12.2 Å². The van der Waals surface area contributed by atoms with Crippen molar-refractivity contribution in [3.05, 3.63) is 0 Å². The third-order valence-corrected chi connectivity index (χ3v) is 15.9. The van der Waals surface area contributed by atoms with Crippen LogP contribution in [0.4, 0.5) is 4.79 Å². The molecule has 0 bridgehead atoms. The molecule has 0 radical (unpaired) electrons. The third-order valence-electron chi connectivity index (χ3n) is 15.9. The molecule has 5 saturated carbocycles. The van der Waals surface area contributed by atoms with Crippen LogP contribution < -0.4 is 0 Å². The van der Waals surface area contributed by atoms with Crippen molar-refractivity contribution in [2.75, 3.05) is 19.7 Å². The Labute approximate surface area is 275 Å². The van der Waals surface area contributed by atoms with Gasteiger partial charge in [-0.2, -0.15) is 0 Å². The molecule has 2 saturated heterocycles. The van der Waals surface area contributed by atoms with Crippen LogP contribution in [0.1, 0.15) is 107 Å². The quantitative estimate of drug-likeness (QED) is 0.346. The fraction of sp³-hybridized carbons (Fsp3) is 0.946. The van der Waals surface area contributed by atoms with Gasteiger partial charge >= 0.3 is 12.1 Å². The zero-order valence-corrected chi connectivity index (χ0v) is 29.4. The second-order valence-corrected chi connectivity index (χ2v) is 18.4. The molecule has 7 aliphatic rings. The molecule has 0 unspecified atom stereocenters. The van der Waals surface area contributed by atoms with E-state index in [4.69, 9.17) is 14.2 Å². The van der Waals surface area contributed by atoms with E-state index in [1.165, 1.54) is 17.7 Å². The number of aliphatic carboxylic acids is 1. The number of carboxylic acid groups (broad SMARTS) is 1. The van der Waals surface area contributed by atoms with E-state index in [1.54, 1.807) is 13.8 Å². The van der Waals surface area contributed by atoms with Gasteiger partial charge < -0.3 is 34.4 Å². The molecular formula is C37H59NO8. The monoisotopic (exact) mass is 645 g/mol. The van der Waals surface area contributed by atoms with Gasteiger partial charge in [0.15, 0.2) is 0 Å². The summed E-state index contributed by atoms with van der Waals surface area (Å²) >= 11 is 0. The van der Waals surface area contributed by atoms with Gasteiger partial charge in [-0.3, -0.25) is 4.79 Å². The molecule has 260 valence electrons. The van der Waals surface area contributed by atoms with Crippen molar-refractivity contribution >= 4 is 12.1 Å². The van der Waals surface area contributed by atoms with Gasteiger partial charge in [0, 0.05) is 30.5 Å². The number of fused-ring (bicyclic) bond motifs is 4. The van der Waals surface area contributed by atoms with Crippen molar-refractivity contribution in [1.82, 2.24) is 4.90 Å². The highest BCUT2D eigenvalue weighted by atomic mass is 16.6. The molecule has 3 N–H and O–H groups in total. The van der Waals surface area contributed by atoms with Crippen LogP contribution in [-0.4, -0.2) is 88.1 Å². The maximum absolute atomic E-state index is 13.0. The van der Waals surface area contributed by atoms with E-state index in [0.717, 1.165) is 38.5 Å². The Hall–Kier alpha value is -1.42. The average Bonchev–Trinajstić information content (AvgIpc) is 3.56. The second-order valence-electron chi connectivity index (χ2n) is 18.4. The number of carbonyl (C=O) groups is 2. The summed E-state index contributed by atoms with van der Waals surface area (Å²) in [7, 11) is 0. The highest BCUT2D eigenvalue weighted by Crippen LogP contribution is 2.89. The molecule has 5 aliphatic carbocycles. The van der Waals surface area contributed by atoms with E-state index < -0.39 is 29.7 Å². The topological polar surface area (TPSA) is 126 Å². The third kappa shape index (κ3) is 4.13. The Balaban J connectivity index is 1.12. The van der Waals surface area contributed by atoms with E-state index in [2.05, 4.69) is 34.6 Å². The fourth-order valence-electron chi connectivity index (χ4n) is 13.6. The van der Waals surface area contributed by atoms with E-state index in [9.17, 15) is 24.9 Å². The average molecular weight is 646 g/mol. The first-order valence-corrected chi connectivity index (χ1v) is 18.2. The maximum atomic E-state index is 13.0. The van der Waals surface area contributed by atoms with Crippen molar-refractivity contribution in [3.63, 3.8) is 0 Å². The van der Waals surface area contributed by atoms with Gasteiger partial charge in [-0.15, -0.1) is 0 Å². The number of carbonyl (C=O) groups excluding carboxylic acids is 1. The normalized spacial score (nSPS) is 49.7. The Kier molecular flexibility index (Phi) is 7.41. The van der Waals surface area contributed by atoms with Crippen LogP contribution >= 0.6 is 0 Å². The molecule has 9 heteroatoms. The summed E-state index contributed by atoms with van der Waals surface area (Å²) in [5.74, 6) is 0.107. The molecule has 9 nitrogen and oxygen atoms in total. The summed E-state index contributed by atoms with van der Waals surface area (Å²) in [6.45, 7) is 18.3. The van der Waals surface area contributed by atoms with Gasteiger partial charge in [0.05, 0.1) is 29.8 Å². The number of amides is 1. The summed E-state index contributed by atoms with van der Waals surface area (Å²) in [5.41, 5.74) is -1.14. The van der Waals surface area contributed by atoms with E-state index in [1.807, 2.05) is 6.92 Å². The van der Waals surface area contributed by atoms with Crippen LogP contribution in [0.15, 0.2) is 0 Å². The van der Waals surface area contributed by atoms with Gasteiger partial charge in [-0.1, -0.05) is 34.6 Å². The number of aliphatic hydroxyl groups excluding tert-OH is 1. The molecule has 1 amide bonds. The van der Waals surface area contributed by atoms with Crippen molar-refractivity contribution in [2.45, 2.75) is 143 Å². The van der Waals surface area contributed by atoms with E-state index in [-0.39, 0.29) is 70.5 Å². The number of aliphatic hydroxyl groups is 2. The molecule has 7 rings (SSSR count). The second kappa shape index (κ2) is 10.3. The lowest BCUT2D eigenvalue weighted by Gasteiger charge is -2.63. The predicted molar refractivity (Wildman–Crippen MR) is 171 cm³/mol. The van der Waals surface area contributed by atoms with E-state index in [0.29, 0.717) is 24.4 Å². The molecular weight excluding hydrogens is 586 g/mol. The largest absolute Gasteiger partial charge is 0.481 e. The van der Waals surface area contributed by atoms with Crippen LogP contribution in [0.2, 0.25) is 0 Å². The number of hydrogen-bond acceptors (Lipinski definition) is 7. The van der Waals surface area contributed by atoms with Gasteiger partial charge in [-0.25, -0.2) is 4.79 Å². The maximum Gasteiger partial charge on any atom is 0.410 e. The zero-order chi connectivity index (χ0) is 33.4. The van der Waals surface area contributed by atoms with Crippen LogP contribution in [0.25, 0.3) is 0 Å². The summed E-state index contributed by atoms with van der Waals surface area (Å²) in [6, 6.07) is 0. The Morgan fingerprint density at radius 1 is 1.02 bits per heavy atom. The van der Waals surface area contributed by atoms with Gasteiger partial charge in [0.2, 0.25) is 0 Å². The number of rotatable bonds is 6. The standard InChI is InChI=1S/C37H59NO8/c1-9-44-29(33(5,6)43)22-16-20(2)26-27(45-22)28(39)35(8)24-11-10-23-32(3,4)25(46-31(42)38-17-21(18-38)30(40)41)12-13-36(23)19-37(24,36)15-14-34(26,35)7/h20-29,39,43H,9-19H2,1-8H3,(H,40,41)/t20-,22-,23+,24+,25+,26+,27+,28+,29+,34-,35-,36-,37+/m1/s1. The molecule has 2 heterocycles. The van der Waals surface area contributed by atoms with Crippen molar-refractivity contribution in [1.29, 1.82) is 0 Å². The highest BCUT2D eigenvalue weighted by Gasteiger charge is 2.84. The van der Waals surface area contributed by atoms with Crippen molar-refractivity contribution in [3.8, 4) is 0 Å². The van der Waals surface area contributed by atoms with Crippen LogP contribution in [0.3, 0.4) is 0 Å². The first kappa shape index (κ1) is 33.1. The molecule has 7 fully saturated rings. The first-order chi connectivity index (χ1) is 21.4.